The Hall–Kier alpha value is -0.950. The zero-order chi connectivity index (χ0) is 18.3. The van der Waals surface area contributed by atoms with E-state index in [0.29, 0.717) is 6.54 Å². The van der Waals surface area contributed by atoms with Crippen LogP contribution in [0.25, 0.3) is 0 Å². The highest BCUT2D eigenvalue weighted by Crippen LogP contribution is 2.49. The molecule has 0 radical (unpaired) electrons. The molecule has 0 spiro atoms. The van der Waals surface area contributed by atoms with Crippen molar-refractivity contribution in [2.75, 3.05) is 6.54 Å². The van der Waals surface area contributed by atoms with Gasteiger partial charge in [-0.25, -0.2) is 0 Å². The molecule has 1 atom stereocenters. The average Bonchev–Trinajstić information content (AvgIpc) is 2.61. The van der Waals surface area contributed by atoms with Crippen LogP contribution in [0.5, 0.6) is 0 Å². The molecule has 0 aliphatic carbocycles. The first-order valence-electron chi connectivity index (χ1n) is 8.29. The average molecular weight is 352 g/mol. The molecule has 6 heteroatoms. The van der Waals surface area contributed by atoms with Crippen LogP contribution in [-0.4, -0.2) is 22.4 Å². The van der Waals surface area contributed by atoms with Crippen molar-refractivity contribution in [3.8, 4) is 0 Å². The Labute approximate surface area is 149 Å². The fraction of sp³-hybridized carbons (Fsp3) is 0.667. The van der Waals surface area contributed by atoms with Gasteiger partial charge in [-0.3, -0.25) is 0 Å². The number of hydrogen-bond donors (Lipinski definition) is 2. The number of nitroso groups, excluding NO2 is 1. The van der Waals surface area contributed by atoms with Gasteiger partial charge >= 0.3 is 0 Å². The van der Waals surface area contributed by atoms with Gasteiger partial charge in [-0.05, 0) is 65.2 Å². The minimum absolute atomic E-state index is 0.0262. The first kappa shape index (κ1) is 19.4. The molecule has 134 valence electrons. The van der Waals surface area contributed by atoms with Crippen LogP contribution in [0.4, 0.5) is 0 Å². The van der Waals surface area contributed by atoms with Gasteiger partial charge in [-0.1, -0.05) is 18.2 Å². The predicted molar refractivity (Wildman–Crippen MR) is 100 cm³/mol. The van der Waals surface area contributed by atoms with E-state index in [4.69, 9.17) is 0 Å². The van der Waals surface area contributed by atoms with Gasteiger partial charge in [-0.2, -0.15) is 5.06 Å². The lowest BCUT2D eigenvalue weighted by Crippen LogP contribution is -2.42. The van der Waals surface area contributed by atoms with E-state index >= 15 is 0 Å². The van der Waals surface area contributed by atoms with Crippen molar-refractivity contribution in [3.05, 3.63) is 39.8 Å². The number of nitrogens with one attached hydrogen (secondary N) is 1. The van der Waals surface area contributed by atoms with Crippen LogP contribution >= 0.6 is 11.9 Å². The van der Waals surface area contributed by atoms with E-state index in [1.165, 1.54) is 5.06 Å². The highest BCUT2D eigenvalue weighted by atomic mass is 32.2. The van der Waals surface area contributed by atoms with E-state index in [1.54, 1.807) is 0 Å². The Morgan fingerprint density at radius 3 is 2.33 bits per heavy atom. The Morgan fingerprint density at radius 2 is 1.79 bits per heavy atom. The van der Waals surface area contributed by atoms with Gasteiger partial charge in [0.25, 0.3) is 0 Å². The van der Waals surface area contributed by atoms with E-state index < -0.39 is 11.1 Å². The summed E-state index contributed by atoms with van der Waals surface area (Å²) in [7, 11) is 0. The summed E-state index contributed by atoms with van der Waals surface area (Å²) in [5, 5.41) is 15.4. The molecule has 1 aliphatic rings. The molecule has 0 saturated carbocycles. The molecule has 2 rings (SSSR count). The quantitative estimate of drug-likeness (QED) is 0.594. The topological polar surface area (TPSA) is 64.9 Å². The van der Waals surface area contributed by atoms with Crippen molar-refractivity contribution in [2.24, 2.45) is 4.58 Å². The summed E-state index contributed by atoms with van der Waals surface area (Å²) >= 11 is 1.05. The van der Waals surface area contributed by atoms with Gasteiger partial charge in [0, 0.05) is 28.6 Å². The lowest BCUT2D eigenvalue weighted by atomic mass is 9.88. The lowest BCUT2D eigenvalue weighted by molar-refractivity contribution is -0.216. The van der Waals surface area contributed by atoms with Crippen molar-refractivity contribution in [1.29, 1.82) is 0 Å². The van der Waals surface area contributed by atoms with E-state index in [1.807, 2.05) is 33.8 Å². The van der Waals surface area contributed by atoms with Crippen LogP contribution in [-0.2, 0) is 11.1 Å². The second kappa shape index (κ2) is 6.41. The molecule has 0 fully saturated rings. The van der Waals surface area contributed by atoms with Crippen LogP contribution in [0.15, 0.2) is 22.8 Å². The SMILES string of the molecule is CC(C)(C)NCC(SN=O)c1ccc2c(c1)C(C)(C)N(O)C2(C)C. The van der Waals surface area contributed by atoms with Gasteiger partial charge in [0.1, 0.15) is 0 Å². The van der Waals surface area contributed by atoms with Crippen molar-refractivity contribution < 1.29 is 5.21 Å². The van der Waals surface area contributed by atoms with E-state index in [0.717, 1.165) is 28.6 Å². The third kappa shape index (κ3) is 3.52. The first-order chi connectivity index (χ1) is 10.9. The summed E-state index contributed by atoms with van der Waals surface area (Å²) in [6.45, 7) is 15.0. The van der Waals surface area contributed by atoms with E-state index in [9.17, 15) is 10.1 Å². The largest absolute Gasteiger partial charge is 0.312 e. The molecule has 1 unspecified atom stereocenters. The maximum Gasteiger partial charge on any atom is 0.0674 e. The molecule has 1 aliphatic heterocycles. The van der Waals surface area contributed by atoms with Gasteiger partial charge in [0.15, 0.2) is 0 Å². The fourth-order valence-corrected chi connectivity index (χ4v) is 3.93. The van der Waals surface area contributed by atoms with Crippen LogP contribution in [0.2, 0.25) is 0 Å². The highest BCUT2D eigenvalue weighted by molar-refractivity contribution is 7.98. The predicted octanol–water partition coefficient (Wildman–Crippen LogP) is 4.71. The molecule has 2 N–H and O–H groups in total. The van der Waals surface area contributed by atoms with Crippen molar-refractivity contribution in [1.82, 2.24) is 10.4 Å². The molecule has 0 amide bonds. The molecular formula is C18H29N3O2S. The van der Waals surface area contributed by atoms with Crippen molar-refractivity contribution >= 4 is 11.9 Å². The minimum atomic E-state index is -0.476. The Balaban J connectivity index is 2.39. The third-order valence-electron chi connectivity index (χ3n) is 4.78. The molecule has 1 aromatic carbocycles. The Kier molecular flexibility index (Phi) is 5.17. The van der Waals surface area contributed by atoms with Crippen LogP contribution < -0.4 is 5.32 Å². The molecule has 1 aromatic rings. The van der Waals surface area contributed by atoms with Crippen molar-refractivity contribution in [2.45, 2.75) is 70.3 Å². The standard InChI is InChI=1S/C18H29N3O2S/c1-16(2,3)19-11-15(24-20-22)12-8-9-13-14(10-12)18(6,7)21(23)17(13,4)5/h8-10,15,19,23H,11H2,1-7H3. The zero-order valence-electron chi connectivity index (χ0n) is 15.7. The zero-order valence-corrected chi connectivity index (χ0v) is 16.5. The van der Waals surface area contributed by atoms with Gasteiger partial charge in [0.05, 0.1) is 16.3 Å². The summed E-state index contributed by atoms with van der Waals surface area (Å²) in [5.74, 6) is 0. The molecule has 24 heavy (non-hydrogen) atoms. The smallest absolute Gasteiger partial charge is 0.0674 e. The molecule has 0 bridgehead atoms. The number of benzene rings is 1. The summed E-state index contributed by atoms with van der Waals surface area (Å²) in [6.07, 6.45) is 0. The van der Waals surface area contributed by atoms with Gasteiger partial charge < -0.3 is 10.5 Å². The second-order valence-corrected chi connectivity index (χ2v) is 9.46. The lowest BCUT2D eigenvalue weighted by Gasteiger charge is -2.34. The summed E-state index contributed by atoms with van der Waals surface area (Å²) < 4.78 is 3.05. The molecule has 1 heterocycles. The molecule has 0 saturated heterocycles. The van der Waals surface area contributed by atoms with Crippen LogP contribution in [0.3, 0.4) is 0 Å². The van der Waals surface area contributed by atoms with Crippen molar-refractivity contribution in [3.63, 3.8) is 0 Å². The minimum Gasteiger partial charge on any atom is -0.312 e. The Bertz CT molecular complexity index is 623. The summed E-state index contributed by atoms with van der Waals surface area (Å²) in [6, 6.07) is 6.22. The van der Waals surface area contributed by atoms with Gasteiger partial charge in [-0.15, -0.1) is 4.91 Å². The maximum absolute atomic E-state index is 10.9. The number of nitrogens with zero attached hydrogens (tertiary/aromatic N) is 2. The molecule has 0 aromatic heterocycles. The highest BCUT2D eigenvalue weighted by Gasteiger charge is 2.48. The molecule has 5 nitrogen and oxygen atoms in total. The van der Waals surface area contributed by atoms with E-state index in [2.05, 4.69) is 42.8 Å². The first-order valence-corrected chi connectivity index (χ1v) is 9.12. The maximum atomic E-state index is 10.9. The van der Waals surface area contributed by atoms with Crippen LogP contribution in [0.1, 0.15) is 70.4 Å². The Morgan fingerprint density at radius 1 is 1.21 bits per heavy atom. The molecular weight excluding hydrogens is 322 g/mol. The van der Waals surface area contributed by atoms with E-state index in [-0.39, 0.29) is 10.8 Å². The third-order valence-corrected chi connectivity index (χ3v) is 5.56. The second-order valence-electron chi connectivity index (χ2n) is 8.53. The number of hydrogen-bond acceptors (Lipinski definition) is 6. The number of fused-ring (bicyclic) bond motifs is 1. The normalized spacial score (nSPS) is 20.7. The summed E-state index contributed by atoms with van der Waals surface area (Å²) in [4.78, 5) is 10.9. The summed E-state index contributed by atoms with van der Waals surface area (Å²) in [5.41, 5.74) is 2.32. The number of rotatable bonds is 5. The van der Waals surface area contributed by atoms with Crippen LogP contribution in [0, 0.1) is 4.91 Å². The fourth-order valence-electron chi connectivity index (χ4n) is 3.40. The van der Waals surface area contributed by atoms with Gasteiger partial charge in [0.2, 0.25) is 0 Å². The monoisotopic (exact) mass is 351 g/mol. The number of hydroxylamine groups is 2.